The minimum absolute atomic E-state index is 0.0232. The Morgan fingerprint density at radius 3 is 1.85 bits per heavy atom. The highest BCUT2D eigenvalue weighted by molar-refractivity contribution is 7.80. The van der Waals surface area contributed by atoms with Crippen LogP contribution >= 0.6 is 12.2 Å². The van der Waals surface area contributed by atoms with Crippen LogP contribution < -0.4 is 20.9 Å². The Kier molecular flexibility index (Phi) is 8.38. The van der Waals surface area contributed by atoms with E-state index in [0.29, 0.717) is 5.75 Å². The first kappa shape index (κ1) is 24.9. The average molecular weight is 476 g/mol. The van der Waals surface area contributed by atoms with Crippen molar-refractivity contribution in [1.29, 1.82) is 0 Å². The lowest BCUT2D eigenvalue weighted by molar-refractivity contribution is -0.123. The van der Waals surface area contributed by atoms with Crippen LogP contribution in [0, 0.1) is 0 Å². The van der Waals surface area contributed by atoms with Gasteiger partial charge >= 0.3 is 0 Å². The standard InChI is InChI=1S/C27H29N3O3S/c1-27(2,3)21-14-16-22(17-15-21)33-18-23(31)28-26(34)30-29-25(32)24(19-10-6-4-7-11-19)20-12-8-5-9-13-20/h4-17,24H,18H2,1-3H3,(H,29,32)(H2,28,30,31,34). The molecule has 0 radical (unpaired) electrons. The molecule has 7 heteroatoms. The summed E-state index contributed by atoms with van der Waals surface area (Å²) in [5.41, 5.74) is 8.09. The van der Waals surface area contributed by atoms with Gasteiger partial charge in [-0.1, -0.05) is 93.6 Å². The SMILES string of the molecule is CC(C)(C)c1ccc(OCC(=O)NC(=S)NNC(=O)C(c2ccccc2)c2ccccc2)cc1. The summed E-state index contributed by atoms with van der Waals surface area (Å²) >= 11 is 5.14. The van der Waals surface area contributed by atoms with Crippen LogP contribution in [0.3, 0.4) is 0 Å². The molecule has 3 N–H and O–H groups in total. The van der Waals surface area contributed by atoms with E-state index in [1.165, 1.54) is 5.56 Å². The fourth-order valence-corrected chi connectivity index (χ4v) is 3.54. The fraction of sp³-hybridized carbons (Fsp3) is 0.222. The normalized spacial score (nSPS) is 10.9. The molecule has 0 fully saturated rings. The van der Waals surface area contributed by atoms with E-state index in [1.807, 2.05) is 84.9 Å². The van der Waals surface area contributed by atoms with Crippen molar-refractivity contribution in [2.75, 3.05) is 6.61 Å². The molecule has 0 unspecified atom stereocenters. The van der Waals surface area contributed by atoms with Gasteiger partial charge in [0.2, 0.25) is 5.91 Å². The zero-order valence-corrected chi connectivity index (χ0v) is 20.3. The number of ether oxygens (including phenoxy) is 1. The van der Waals surface area contributed by atoms with Crippen LogP contribution in [0.2, 0.25) is 0 Å². The number of carbonyl (C=O) groups is 2. The zero-order chi connectivity index (χ0) is 24.6. The van der Waals surface area contributed by atoms with Crippen molar-refractivity contribution >= 4 is 29.1 Å². The van der Waals surface area contributed by atoms with Crippen molar-refractivity contribution in [2.24, 2.45) is 0 Å². The van der Waals surface area contributed by atoms with Crippen LogP contribution in [-0.2, 0) is 15.0 Å². The van der Waals surface area contributed by atoms with Crippen molar-refractivity contribution < 1.29 is 14.3 Å². The van der Waals surface area contributed by atoms with Gasteiger partial charge in [0.05, 0.1) is 5.92 Å². The van der Waals surface area contributed by atoms with E-state index < -0.39 is 11.8 Å². The predicted molar refractivity (Wildman–Crippen MR) is 137 cm³/mol. The van der Waals surface area contributed by atoms with Gasteiger partial charge in [0, 0.05) is 0 Å². The molecule has 176 valence electrons. The summed E-state index contributed by atoms with van der Waals surface area (Å²) in [6, 6.07) is 26.5. The molecule has 0 aliphatic rings. The Bertz CT molecular complexity index is 1070. The van der Waals surface area contributed by atoms with E-state index in [-0.39, 0.29) is 23.0 Å². The van der Waals surface area contributed by atoms with Gasteiger partial charge in [-0.25, -0.2) is 0 Å². The summed E-state index contributed by atoms with van der Waals surface area (Å²) in [4.78, 5) is 25.2. The molecular formula is C27H29N3O3S. The molecule has 0 atom stereocenters. The summed E-state index contributed by atoms with van der Waals surface area (Å²) < 4.78 is 5.53. The third-order valence-electron chi connectivity index (χ3n) is 5.17. The summed E-state index contributed by atoms with van der Waals surface area (Å²) in [6.07, 6.45) is 0. The minimum Gasteiger partial charge on any atom is -0.484 e. The quantitative estimate of drug-likeness (QED) is 0.368. The number of amides is 2. The highest BCUT2D eigenvalue weighted by Gasteiger charge is 2.22. The topological polar surface area (TPSA) is 79.5 Å². The summed E-state index contributed by atoms with van der Waals surface area (Å²) in [7, 11) is 0. The van der Waals surface area contributed by atoms with E-state index in [0.717, 1.165) is 11.1 Å². The molecule has 0 aliphatic carbocycles. The monoisotopic (exact) mass is 475 g/mol. The van der Waals surface area contributed by atoms with E-state index in [4.69, 9.17) is 17.0 Å². The lowest BCUT2D eigenvalue weighted by Gasteiger charge is -2.19. The predicted octanol–water partition coefficient (Wildman–Crippen LogP) is 4.22. The van der Waals surface area contributed by atoms with Crippen molar-refractivity contribution in [3.05, 3.63) is 102 Å². The van der Waals surface area contributed by atoms with Gasteiger partial charge in [0.25, 0.3) is 5.91 Å². The maximum absolute atomic E-state index is 13.0. The lowest BCUT2D eigenvalue weighted by Crippen LogP contribution is -2.50. The summed E-state index contributed by atoms with van der Waals surface area (Å²) in [5.74, 6) is -0.685. The second-order valence-corrected chi connectivity index (χ2v) is 9.22. The molecule has 0 spiro atoms. The third-order valence-corrected chi connectivity index (χ3v) is 5.37. The van der Waals surface area contributed by atoms with Crippen LogP contribution in [0.25, 0.3) is 0 Å². The van der Waals surface area contributed by atoms with E-state index >= 15 is 0 Å². The molecule has 6 nitrogen and oxygen atoms in total. The van der Waals surface area contributed by atoms with Crippen LogP contribution in [0.15, 0.2) is 84.9 Å². The number of thiocarbonyl (C=S) groups is 1. The first-order valence-corrected chi connectivity index (χ1v) is 11.4. The Morgan fingerprint density at radius 2 is 1.35 bits per heavy atom. The van der Waals surface area contributed by atoms with E-state index in [1.54, 1.807) is 0 Å². The average Bonchev–Trinajstić information content (AvgIpc) is 2.83. The largest absolute Gasteiger partial charge is 0.484 e. The Balaban J connectivity index is 1.51. The van der Waals surface area contributed by atoms with Crippen LogP contribution in [0.4, 0.5) is 0 Å². The fourth-order valence-electron chi connectivity index (χ4n) is 3.37. The minimum atomic E-state index is -0.534. The summed E-state index contributed by atoms with van der Waals surface area (Å²) in [6.45, 7) is 6.18. The lowest BCUT2D eigenvalue weighted by atomic mass is 9.87. The van der Waals surface area contributed by atoms with Crippen molar-refractivity contribution in [3.63, 3.8) is 0 Å². The molecule has 3 rings (SSSR count). The molecule has 0 bridgehead atoms. The third kappa shape index (κ3) is 7.15. The van der Waals surface area contributed by atoms with Gasteiger partial charge in [-0.2, -0.15) is 0 Å². The molecule has 0 saturated carbocycles. The van der Waals surface area contributed by atoms with Gasteiger partial charge in [0.1, 0.15) is 5.75 Å². The Labute approximate surface area is 205 Å². The highest BCUT2D eigenvalue weighted by atomic mass is 32.1. The maximum atomic E-state index is 13.0. The van der Waals surface area contributed by atoms with Crippen molar-refractivity contribution in [2.45, 2.75) is 32.1 Å². The van der Waals surface area contributed by atoms with Crippen LogP contribution in [0.1, 0.15) is 43.4 Å². The molecule has 0 heterocycles. The number of hydrogen-bond donors (Lipinski definition) is 3. The number of hydrogen-bond acceptors (Lipinski definition) is 4. The van der Waals surface area contributed by atoms with E-state index in [9.17, 15) is 9.59 Å². The molecule has 0 aromatic heterocycles. The van der Waals surface area contributed by atoms with Gasteiger partial charge in [-0.15, -0.1) is 0 Å². The first-order valence-electron chi connectivity index (χ1n) is 11.0. The van der Waals surface area contributed by atoms with Crippen molar-refractivity contribution in [1.82, 2.24) is 16.2 Å². The highest BCUT2D eigenvalue weighted by Crippen LogP contribution is 2.25. The maximum Gasteiger partial charge on any atom is 0.264 e. The van der Waals surface area contributed by atoms with Crippen LogP contribution in [-0.4, -0.2) is 23.5 Å². The zero-order valence-electron chi connectivity index (χ0n) is 19.5. The second-order valence-electron chi connectivity index (χ2n) is 8.81. The Morgan fingerprint density at radius 1 is 0.824 bits per heavy atom. The molecule has 2 amide bonds. The number of hydrazine groups is 1. The second kappa shape index (κ2) is 11.4. The molecule has 3 aromatic rings. The van der Waals surface area contributed by atoms with Crippen LogP contribution in [0.5, 0.6) is 5.75 Å². The number of rotatable bonds is 6. The number of nitrogens with one attached hydrogen (secondary N) is 3. The first-order chi connectivity index (χ1) is 16.2. The van der Waals surface area contributed by atoms with Crippen molar-refractivity contribution in [3.8, 4) is 5.75 Å². The Hall–Kier alpha value is -3.71. The van der Waals surface area contributed by atoms with E-state index in [2.05, 4.69) is 36.9 Å². The van der Waals surface area contributed by atoms with Gasteiger partial charge < -0.3 is 4.74 Å². The number of carbonyl (C=O) groups excluding carboxylic acids is 2. The van der Waals surface area contributed by atoms with Gasteiger partial charge in [-0.3, -0.25) is 25.8 Å². The number of benzene rings is 3. The molecule has 0 aliphatic heterocycles. The molecule has 34 heavy (non-hydrogen) atoms. The molecule has 0 saturated heterocycles. The summed E-state index contributed by atoms with van der Waals surface area (Å²) in [5, 5.41) is 2.48. The molecule has 3 aromatic carbocycles. The molecular weight excluding hydrogens is 446 g/mol. The van der Waals surface area contributed by atoms with Gasteiger partial charge in [-0.05, 0) is 46.5 Å². The van der Waals surface area contributed by atoms with Gasteiger partial charge in [0.15, 0.2) is 11.7 Å². The smallest absolute Gasteiger partial charge is 0.264 e.